The van der Waals surface area contributed by atoms with Gasteiger partial charge in [-0.25, -0.2) is 4.68 Å². The molecule has 0 spiro atoms. The number of aromatic nitrogens is 2. The van der Waals surface area contributed by atoms with Crippen molar-refractivity contribution < 1.29 is 4.74 Å². The summed E-state index contributed by atoms with van der Waals surface area (Å²) in [6.07, 6.45) is 2.75. The first-order valence-corrected chi connectivity index (χ1v) is 6.83. The molecule has 0 atom stereocenters. The zero-order valence-corrected chi connectivity index (χ0v) is 11.8. The third-order valence-corrected chi connectivity index (χ3v) is 3.61. The van der Waals surface area contributed by atoms with Gasteiger partial charge in [0.25, 0.3) is 0 Å². The van der Waals surface area contributed by atoms with E-state index in [0.29, 0.717) is 12.3 Å². The van der Waals surface area contributed by atoms with Crippen LogP contribution in [-0.2, 0) is 6.42 Å². The highest BCUT2D eigenvalue weighted by atomic mass is 16.5. The molecular formula is C16H17N3O. The van der Waals surface area contributed by atoms with Crippen LogP contribution >= 0.6 is 0 Å². The third-order valence-electron chi connectivity index (χ3n) is 3.61. The number of benzene rings is 1. The summed E-state index contributed by atoms with van der Waals surface area (Å²) >= 11 is 0. The summed E-state index contributed by atoms with van der Waals surface area (Å²) in [7, 11) is 1.67. The second-order valence-electron chi connectivity index (χ2n) is 5.26. The predicted molar refractivity (Wildman–Crippen MR) is 76.1 cm³/mol. The summed E-state index contributed by atoms with van der Waals surface area (Å²) in [5.41, 5.74) is 4.15. The van der Waals surface area contributed by atoms with Crippen molar-refractivity contribution in [3.05, 3.63) is 41.2 Å². The van der Waals surface area contributed by atoms with E-state index in [-0.39, 0.29) is 0 Å². The molecule has 0 amide bonds. The first kappa shape index (κ1) is 12.7. The van der Waals surface area contributed by atoms with Crippen LogP contribution in [0.2, 0.25) is 0 Å². The van der Waals surface area contributed by atoms with Gasteiger partial charge in [0.1, 0.15) is 11.4 Å². The molecule has 1 heterocycles. The van der Waals surface area contributed by atoms with Gasteiger partial charge in [-0.1, -0.05) is 6.07 Å². The van der Waals surface area contributed by atoms with E-state index < -0.39 is 0 Å². The molecule has 1 aromatic heterocycles. The number of nitriles is 1. The Morgan fingerprint density at radius 1 is 1.40 bits per heavy atom. The van der Waals surface area contributed by atoms with Crippen molar-refractivity contribution in [3.8, 4) is 17.5 Å². The SMILES string of the molecule is COc1ccc(C)cc1-n1nc(CC#N)cc1C1CC1. The van der Waals surface area contributed by atoms with E-state index in [9.17, 15) is 0 Å². The van der Waals surface area contributed by atoms with Crippen LogP contribution < -0.4 is 4.74 Å². The number of rotatable bonds is 4. The molecule has 0 bridgehead atoms. The van der Waals surface area contributed by atoms with Crippen molar-refractivity contribution in [2.75, 3.05) is 7.11 Å². The lowest BCUT2D eigenvalue weighted by atomic mass is 10.2. The minimum atomic E-state index is 0.348. The van der Waals surface area contributed by atoms with Crippen molar-refractivity contribution in [2.45, 2.75) is 32.1 Å². The minimum Gasteiger partial charge on any atom is -0.494 e. The fraction of sp³-hybridized carbons (Fsp3) is 0.375. The first-order chi connectivity index (χ1) is 9.72. The molecule has 4 nitrogen and oxygen atoms in total. The normalized spacial score (nSPS) is 14.1. The van der Waals surface area contributed by atoms with Gasteiger partial charge in [0.05, 0.1) is 25.3 Å². The van der Waals surface area contributed by atoms with Crippen LogP contribution in [0.4, 0.5) is 0 Å². The van der Waals surface area contributed by atoms with Gasteiger partial charge in [0.2, 0.25) is 0 Å². The summed E-state index contributed by atoms with van der Waals surface area (Å²) in [6.45, 7) is 2.05. The standard InChI is InChI=1S/C16H17N3O/c1-11-3-6-16(20-2)15(9-11)19-14(12-4-5-12)10-13(18-19)7-8-17/h3,6,9-10,12H,4-5,7H2,1-2H3. The van der Waals surface area contributed by atoms with E-state index in [2.05, 4.69) is 30.2 Å². The summed E-state index contributed by atoms with van der Waals surface area (Å²) in [6, 6.07) is 10.3. The number of methoxy groups -OCH3 is 1. The van der Waals surface area contributed by atoms with Crippen molar-refractivity contribution in [1.82, 2.24) is 9.78 Å². The van der Waals surface area contributed by atoms with E-state index in [4.69, 9.17) is 10.00 Å². The summed E-state index contributed by atoms with van der Waals surface area (Å²) in [5.74, 6) is 1.38. The molecule has 1 aliphatic rings. The molecule has 0 radical (unpaired) electrons. The minimum absolute atomic E-state index is 0.348. The molecule has 102 valence electrons. The van der Waals surface area contributed by atoms with Crippen LogP contribution in [0.15, 0.2) is 24.3 Å². The Hall–Kier alpha value is -2.28. The van der Waals surface area contributed by atoms with E-state index in [1.807, 2.05) is 16.8 Å². The molecule has 1 aliphatic carbocycles. The molecule has 20 heavy (non-hydrogen) atoms. The number of nitrogens with zero attached hydrogens (tertiary/aromatic N) is 3. The van der Waals surface area contributed by atoms with Gasteiger partial charge in [-0.3, -0.25) is 0 Å². The van der Waals surface area contributed by atoms with Gasteiger partial charge < -0.3 is 4.74 Å². The van der Waals surface area contributed by atoms with Gasteiger partial charge in [-0.05, 0) is 43.5 Å². The maximum Gasteiger partial charge on any atom is 0.144 e. The van der Waals surface area contributed by atoms with Gasteiger partial charge in [-0.15, -0.1) is 0 Å². The fourth-order valence-corrected chi connectivity index (χ4v) is 2.44. The highest BCUT2D eigenvalue weighted by Gasteiger charge is 2.29. The molecule has 2 aromatic rings. The fourth-order valence-electron chi connectivity index (χ4n) is 2.44. The van der Waals surface area contributed by atoms with Crippen LogP contribution in [0.5, 0.6) is 5.75 Å². The van der Waals surface area contributed by atoms with Gasteiger partial charge in [0, 0.05) is 11.6 Å². The Kier molecular flexibility index (Phi) is 3.19. The first-order valence-electron chi connectivity index (χ1n) is 6.83. The maximum absolute atomic E-state index is 8.87. The summed E-state index contributed by atoms with van der Waals surface area (Å²) in [4.78, 5) is 0. The van der Waals surface area contributed by atoms with Crippen LogP contribution in [0, 0.1) is 18.3 Å². The van der Waals surface area contributed by atoms with E-state index in [1.54, 1.807) is 7.11 Å². The molecule has 4 heteroatoms. The highest BCUT2D eigenvalue weighted by Crippen LogP contribution is 2.42. The number of hydrogen-bond acceptors (Lipinski definition) is 3. The van der Waals surface area contributed by atoms with E-state index >= 15 is 0 Å². The Balaban J connectivity index is 2.13. The number of ether oxygens (including phenoxy) is 1. The lowest BCUT2D eigenvalue weighted by Crippen LogP contribution is -2.04. The van der Waals surface area contributed by atoms with Crippen LogP contribution in [0.1, 0.15) is 35.7 Å². The molecule has 0 N–H and O–H groups in total. The number of aryl methyl sites for hydroxylation is 1. The maximum atomic E-state index is 8.87. The lowest BCUT2D eigenvalue weighted by Gasteiger charge is -2.12. The second-order valence-corrected chi connectivity index (χ2v) is 5.26. The Labute approximate surface area is 118 Å². The largest absolute Gasteiger partial charge is 0.494 e. The molecule has 1 fully saturated rings. The highest BCUT2D eigenvalue weighted by molar-refractivity contribution is 5.50. The molecule has 0 saturated heterocycles. The summed E-state index contributed by atoms with van der Waals surface area (Å²) in [5, 5.41) is 13.5. The third kappa shape index (κ3) is 2.27. The number of hydrogen-bond donors (Lipinski definition) is 0. The molecule has 1 saturated carbocycles. The van der Waals surface area contributed by atoms with Gasteiger partial charge in [0.15, 0.2) is 0 Å². The zero-order valence-electron chi connectivity index (χ0n) is 11.8. The topological polar surface area (TPSA) is 50.8 Å². The van der Waals surface area contributed by atoms with Gasteiger partial charge in [-0.2, -0.15) is 10.4 Å². The quantitative estimate of drug-likeness (QED) is 0.855. The molecule has 1 aromatic carbocycles. The average molecular weight is 267 g/mol. The zero-order chi connectivity index (χ0) is 14.1. The molecule has 0 aliphatic heterocycles. The van der Waals surface area contributed by atoms with Crippen LogP contribution in [0.3, 0.4) is 0 Å². The smallest absolute Gasteiger partial charge is 0.144 e. The van der Waals surface area contributed by atoms with E-state index in [0.717, 1.165) is 17.1 Å². The van der Waals surface area contributed by atoms with Gasteiger partial charge >= 0.3 is 0 Å². The van der Waals surface area contributed by atoms with Crippen LogP contribution in [0.25, 0.3) is 5.69 Å². The Morgan fingerprint density at radius 3 is 2.85 bits per heavy atom. The average Bonchev–Trinajstić information content (AvgIpc) is 3.20. The lowest BCUT2D eigenvalue weighted by molar-refractivity contribution is 0.411. The van der Waals surface area contributed by atoms with Crippen molar-refractivity contribution in [2.24, 2.45) is 0 Å². The van der Waals surface area contributed by atoms with E-state index in [1.165, 1.54) is 24.1 Å². The van der Waals surface area contributed by atoms with Crippen molar-refractivity contribution in [3.63, 3.8) is 0 Å². The monoisotopic (exact) mass is 267 g/mol. The van der Waals surface area contributed by atoms with Crippen molar-refractivity contribution >= 4 is 0 Å². The summed E-state index contributed by atoms with van der Waals surface area (Å²) < 4.78 is 7.41. The molecule has 0 unspecified atom stereocenters. The Bertz CT molecular complexity index is 678. The molecular weight excluding hydrogens is 250 g/mol. The molecule has 3 rings (SSSR count). The van der Waals surface area contributed by atoms with Crippen molar-refractivity contribution in [1.29, 1.82) is 5.26 Å². The second kappa shape index (κ2) is 5.01. The predicted octanol–water partition coefficient (Wildman–Crippen LogP) is 3.13. The Morgan fingerprint density at radius 2 is 2.20 bits per heavy atom. The van der Waals surface area contributed by atoms with Crippen LogP contribution in [-0.4, -0.2) is 16.9 Å².